The summed E-state index contributed by atoms with van der Waals surface area (Å²) in [4.78, 5) is 0. The smallest absolute Gasteiger partial charge is 0.142 e. The van der Waals surface area contributed by atoms with Crippen LogP contribution in [-0.4, -0.2) is 9.30 Å². The Morgan fingerprint density at radius 1 is 1.44 bits per heavy atom. The van der Waals surface area contributed by atoms with Crippen LogP contribution < -0.4 is 4.72 Å². The third-order valence-electron chi connectivity index (χ3n) is 1.86. The van der Waals surface area contributed by atoms with Gasteiger partial charge in [-0.2, -0.15) is 5.26 Å². The van der Waals surface area contributed by atoms with Gasteiger partial charge in [-0.1, -0.05) is 11.6 Å². The van der Waals surface area contributed by atoms with Crippen LogP contribution in [0, 0.1) is 11.3 Å². The summed E-state index contributed by atoms with van der Waals surface area (Å²) >= 11 is 4.52. The summed E-state index contributed by atoms with van der Waals surface area (Å²) in [6.45, 7) is 5.58. The summed E-state index contributed by atoms with van der Waals surface area (Å²) in [7, 11) is 0. The molecule has 0 spiro atoms. The predicted molar refractivity (Wildman–Crippen MR) is 67.7 cm³/mol. The topological polar surface area (TPSA) is 58.9 Å². The molecule has 3 nitrogen and oxygen atoms in total. The lowest BCUT2D eigenvalue weighted by molar-refractivity contribution is 0.565. The highest BCUT2D eigenvalue weighted by molar-refractivity contribution is 7.94. The molecule has 0 bridgehead atoms. The van der Waals surface area contributed by atoms with Crippen LogP contribution >= 0.6 is 11.6 Å². The van der Waals surface area contributed by atoms with Crippen LogP contribution in [0.1, 0.15) is 26.3 Å². The van der Waals surface area contributed by atoms with E-state index in [-0.39, 0.29) is 4.75 Å². The number of benzene rings is 1. The van der Waals surface area contributed by atoms with Crippen molar-refractivity contribution in [3.63, 3.8) is 0 Å². The first-order valence-electron chi connectivity index (χ1n) is 4.73. The van der Waals surface area contributed by atoms with Gasteiger partial charge in [-0.05, 0) is 39.0 Å². The summed E-state index contributed by atoms with van der Waals surface area (Å²) < 4.78 is 14.3. The molecule has 0 aliphatic carbocycles. The predicted octanol–water partition coefficient (Wildman–Crippen LogP) is 3.09. The minimum Gasteiger partial charge on any atom is -0.593 e. The van der Waals surface area contributed by atoms with Crippen molar-refractivity contribution >= 4 is 28.7 Å². The molecule has 5 heteroatoms. The molecule has 1 rings (SSSR count). The molecule has 0 aliphatic heterocycles. The van der Waals surface area contributed by atoms with Gasteiger partial charge in [-0.25, -0.2) is 4.72 Å². The fraction of sp³-hybridized carbons (Fsp3) is 0.364. The minimum absolute atomic E-state index is 0.383. The molecule has 0 fully saturated rings. The Balaban J connectivity index is 2.95. The lowest BCUT2D eigenvalue weighted by Crippen LogP contribution is -2.33. The van der Waals surface area contributed by atoms with Gasteiger partial charge in [0.1, 0.15) is 10.8 Å². The largest absolute Gasteiger partial charge is 0.593 e. The summed E-state index contributed by atoms with van der Waals surface area (Å²) in [6, 6.07) is 6.87. The molecule has 0 saturated heterocycles. The number of hydrogen-bond donors (Lipinski definition) is 1. The van der Waals surface area contributed by atoms with Crippen LogP contribution in [-0.2, 0) is 11.4 Å². The fourth-order valence-corrected chi connectivity index (χ4v) is 1.81. The van der Waals surface area contributed by atoms with E-state index in [0.29, 0.717) is 16.3 Å². The molecule has 0 radical (unpaired) electrons. The quantitative estimate of drug-likeness (QED) is 0.828. The molecule has 1 atom stereocenters. The molecular formula is C11H13ClN2OS. The van der Waals surface area contributed by atoms with Gasteiger partial charge in [0.15, 0.2) is 0 Å². The van der Waals surface area contributed by atoms with Crippen LogP contribution in [0.3, 0.4) is 0 Å². The van der Waals surface area contributed by atoms with Gasteiger partial charge in [0.25, 0.3) is 0 Å². The Bertz CT molecular complexity index is 423. The van der Waals surface area contributed by atoms with E-state index in [4.69, 9.17) is 16.9 Å². The molecule has 0 heterocycles. The van der Waals surface area contributed by atoms with E-state index in [2.05, 4.69) is 4.72 Å². The van der Waals surface area contributed by atoms with Gasteiger partial charge in [-0.3, -0.25) is 0 Å². The monoisotopic (exact) mass is 256 g/mol. The highest BCUT2D eigenvalue weighted by Crippen LogP contribution is 2.24. The maximum Gasteiger partial charge on any atom is 0.142 e. The highest BCUT2D eigenvalue weighted by Gasteiger charge is 2.27. The van der Waals surface area contributed by atoms with E-state index in [1.807, 2.05) is 26.8 Å². The maximum atomic E-state index is 11.8. The van der Waals surface area contributed by atoms with Crippen LogP contribution in [0.5, 0.6) is 0 Å². The number of anilines is 1. The molecular weight excluding hydrogens is 244 g/mol. The van der Waals surface area contributed by atoms with Crippen LogP contribution in [0.4, 0.5) is 5.69 Å². The third kappa shape index (κ3) is 3.31. The molecule has 1 aromatic rings. The van der Waals surface area contributed by atoms with Gasteiger partial charge >= 0.3 is 0 Å². The first-order valence-corrected chi connectivity index (χ1v) is 6.25. The van der Waals surface area contributed by atoms with E-state index in [1.54, 1.807) is 18.2 Å². The normalized spacial score (nSPS) is 13.0. The average molecular weight is 257 g/mol. The van der Waals surface area contributed by atoms with E-state index in [9.17, 15) is 4.55 Å². The summed E-state index contributed by atoms with van der Waals surface area (Å²) in [5.41, 5.74) is 0.935. The third-order valence-corrected chi connectivity index (χ3v) is 3.61. The summed E-state index contributed by atoms with van der Waals surface area (Å²) in [5.74, 6) is 0. The van der Waals surface area contributed by atoms with E-state index < -0.39 is 11.4 Å². The number of rotatable bonds is 2. The second-order valence-corrected chi connectivity index (χ2v) is 6.69. The standard InChI is InChI=1S/C11H13ClN2OS/c1-11(2,3)16(15)14-10-5-4-9(12)6-8(10)7-13/h4-6,14H,1-3H3. The van der Waals surface area contributed by atoms with Gasteiger partial charge in [-0.15, -0.1) is 0 Å². The molecule has 1 aromatic carbocycles. The number of halogens is 1. The van der Waals surface area contributed by atoms with Gasteiger partial charge in [0, 0.05) is 5.02 Å². The zero-order valence-electron chi connectivity index (χ0n) is 9.37. The van der Waals surface area contributed by atoms with Crippen LogP contribution in [0.25, 0.3) is 0 Å². The molecule has 16 heavy (non-hydrogen) atoms. The van der Waals surface area contributed by atoms with Crippen molar-refractivity contribution in [2.45, 2.75) is 25.5 Å². The summed E-state index contributed by atoms with van der Waals surface area (Å²) in [5, 5.41) is 9.40. The van der Waals surface area contributed by atoms with E-state index >= 15 is 0 Å². The SMILES string of the molecule is CC(C)(C)[S+]([O-])Nc1ccc(Cl)cc1C#N. The first kappa shape index (κ1) is 13.2. The zero-order chi connectivity index (χ0) is 12.3. The van der Waals surface area contributed by atoms with Crippen molar-refractivity contribution in [1.29, 1.82) is 5.26 Å². The molecule has 86 valence electrons. The van der Waals surface area contributed by atoms with Gasteiger partial charge < -0.3 is 4.55 Å². The lowest BCUT2D eigenvalue weighted by Gasteiger charge is -2.24. The number of nitrogens with one attached hydrogen (secondary N) is 1. The molecule has 1 N–H and O–H groups in total. The Hall–Kier alpha value is -0.890. The fourth-order valence-electron chi connectivity index (χ4n) is 0.951. The second kappa shape index (κ2) is 4.96. The van der Waals surface area contributed by atoms with Crippen molar-refractivity contribution in [1.82, 2.24) is 0 Å². The van der Waals surface area contributed by atoms with Crippen molar-refractivity contribution in [2.24, 2.45) is 0 Å². The Morgan fingerprint density at radius 3 is 2.56 bits per heavy atom. The maximum absolute atomic E-state index is 11.8. The zero-order valence-corrected chi connectivity index (χ0v) is 10.9. The van der Waals surface area contributed by atoms with Crippen LogP contribution in [0.2, 0.25) is 5.02 Å². The number of hydrogen-bond acceptors (Lipinski definition) is 3. The second-order valence-electron chi connectivity index (χ2n) is 4.28. The average Bonchev–Trinajstić information content (AvgIpc) is 2.19. The number of nitrogens with zero attached hydrogens (tertiary/aromatic N) is 1. The van der Waals surface area contributed by atoms with Crippen molar-refractivity contribution in [3.05, 3.63) is 28.8 Å². The minimum atomic E-state index is -1.25. The van der Waals surface area contributed by atoms with E-state index in [0.717, 1.165) is 0 Å². The number of nitriles is 1. The Kier molecular flexibility index (Phi) is 4.09. The first-order chi connectivity index (χ1) is 7.34. The van der Waals surface area contributed by atoms with Crippen molar-refractivity contribution in [2.75, 3.05) is 4.72 Å². The Morgan fingerprint density at radius 2 is 2.06 bits per heavy atom. The lowest BCUT2D eigenvalue weighted by atomic mass is 10.2. The molecule has 0 aliphatic rings. The molecule has 1 unspecified atom stereocenters. The van der Waals surface area contributed by atoms with Crippen LogP contribution in [0.15, 0.2) is 18.2 Å². The summed E-state index contributed by atoms with van der Waals surface area (Å²) in [6.07, 6.45) is 0. The van der Waals surface area contributed by atoms with Gasteiger partial charge in [0.2, 0.25) is 0 Å². The molecule has 0 saturated carbocycles. The van der Waals surface area contributed by atoms with Gasteiger partial charge in [0.05, 0.1) is 22.6 Å². The van der Waals surface area contributed by atoms with Crippen molar-refractivity contribution in [3.8, 4) is 6.07 Å². The van der Waals surface area contributed by atoms with E-state index in [1.165, 1.54) is 0 Å². The Labute approximate surface area is 104 Å². The molecule has 0 aromatic heterocycles. The molecule has 0 amide bonds. The highest BCUT2D eigenvalue weighted by atomic mass is 35.5. The van der Waals surface area contributed by atoms with Crippen molar-refractivity contribution < 1.29 is 4.55 Å².